The molecule has 0 bridgehead atoms. The van der Waals surface area contributed by atoms with E-state index in [-0.39, 0.29) is 12.5 Å². The standard InChI is InChI=1S/C16H22N2O3/c1-11-12(2)18-15-5-4-13(10-14(11)15)16(20)17-6-3-8-21-9-7-19/h4-5,10,18-19H,3,6-9H2,1-2H3,(H,17,20). The van der Waals surface area contributed by atoms with Gasteiger partial charge in [0.1, 0.15) is 0 Å². The maximum Gasteiger partial charge on any atom is 0.251 e. The molecule has 2 rings (SSSR count). The van der Waals surface area contributed by atoms with Crippen LogP contribution in [-0.4, -0.2) is 42.4 Å². The summed E-state index contributed by atoms with van der Waals surface area (Å²) in [6, 6.07) is 5.69. The van der Waals surface area contributed by atoms with Gasteiger partial charge in [0.25, 0.3) is 5.91 Å². The molecule has 0 aliphatic carbocycles. The second-order valence-corrected chi connectivity index (χ2v) is 5.08. The molecule has 0 spiro atoms. The van der Waals surface area contributed by atoms with Crippen LogP contribution >= 0.6 is 0 Å². The number of benzene rings is 1. The molecule has 0 aliphatic rings. The summed E-state index contributed by atoms with van der Waals surface area (Å²) in [6.45, 7) is 5.55. The first kappa shape index (κ1) is 15.5. The first-order chi connectivity index (χ1) is 10.1. The first-order valence-corrected chi connectivity index (χ1v) is 7.19. The Morgan fingerprint density at radius 1 is 1.33 bits per heavy atom. The van der Waals surface area contributed by atoms with Crippen molar-refractivity contribution in [2.45, 2.75) is 20.3 Å². The van der Waals surface area contributed by atoms with Gasteiger partial charge in [0.2, 0.25) is 0 Å². The number of fused-ring (bicyclic) bond motifs is 1. The number of aliphatic hydroxyl groups excluding tert-OH is 1. The molecule has 0 atom stereocenters. The van der Waals surface area contributed by atoms with Crippen molar-refractivity contribution in [3.63, 3.8) is 0 Å². The van der Waals surface area contributed by atoms with Crippen LogP contribution < -0.4 is 5.32 Å². The van der Waals surface area contributed by atoms with Gasteiger partial charge in [-0.3, -0.25) is 4.79 Å². The number of nitrogens with one attached hydrogen (secondary N) is 2. The molecule has 21 heavy (non-hydrogen) atoms. The third-order valence-electron chi connectivity index (χ3n) is 3.56. The van der Waals surface area contributed by atoms with E-state index in [0.717, 1.165) is 23.0 Å². The van der Waals surface area contributed by atoms with Crippen LogP contribution in [-0.2, 0) is 4.74 Å². The maximum absolute atomic E-state index is 12.1. The highest BCUT2D eigenvalue weighted by Gasteiger charge is 2.09. The molecule has 0 fully saturated rings. The van der Waals surface area contributed by atoms with Crippen LogP contribution in [0.5, 0.6) is 0 Å². The second kappa shape index (κ2) is 7.24. The van der Waals surface area contributed by atoms with E-state index in [9.17, 15) is 4.79 Å². The monoisotopic (exact) mass is 290 g/mol. The van der Waals surface area contributed by atoms with Gasteiger partial charge in [-0.25, -0.2) is 0 Å². The fraction of sp³-hybridized carbons (Fsp3) is 0.438. The number of ether oxygens (including phenoxy) is 1. The van der Waals surface area contributed by atoms with Gasteiger partial charge in [0.05, 0.1) is 13.2 Å². The largest absolute Gasteiger partial charge is 0.394 e. The quantitative estimate of drug-likeness (QED) is 0.682. The van der Waals surface area contributed by atoms with Crippen molar-refractivity contribution in [3.05, 3.63) is 35.0 Å². The second-order valence-electron chi connectivity index (χ2n) is 5.08. The highest BCUT2D eigenvalue weighted by molar-refractivity contribution is 5.99. The average Bonchev–Trinajstić information content (AvgIpc) is 2.77. The Morgan fingerprint density at radius 3 is 2.90 bits per heavy atom. The van der Waals surface area contributed by atoms with Crippen LogP contribution in [0.15, 0.2) is 18.2 Å². The number of aliphatic hydroxyl groups is 1. The SMILES string of the molecule is Cc1[nH]c2ccc(C(=O)NCCCOCCO)cc2c1C. The zero-order valence-electron chi connectivity index (χ0n) is 12.5. The van der Waals surface area contributed by atoms with Crippen LogP contribution in [0.3, 0.4) is 0 Å². The molecule has 0 unspecified atom stereocenters. The van der Waals surface area contributed by atoms with Gasteiger partial charge in [-0.05, 0) is 44.0 Å². The molecule has 1 amide bonds. The summed E-state index contributed by atoms with van der Waals surface area (Å²) in [4.78, 5) is 15.4. The minimum Gasteiger partial charge on any atom is -0.394 e. The zero-order valence-corrected chi connectivity index (χ0v) is 12.5. The number of carbonyl (C=O) groups excluding carboxylic acids is 1. The van der Waals surface area contributed by atoms with Crippen molar-refractivity contribution in [3.8, 4) is 0 Å². The molecule has 3 N–H and O–H groups in total. The molecular formula is C16H22N2O3. The number of carbonyl (C=O) groups is 1. The van der Waals surface area contributed by atoms with E-state index in [1.54, 1.807) is 0 Å². The lowest BCUT2D eigenvalue weighted by Gasteiger charge is -2.06. The van der Waals surface area contributed by atoms with Gasteiger partial charge in [-0.1, -0.05) is 0 Å². The number of rotatable bonds is 7. The Bertz CT molecular complexity index is 619. The Morgan fingerprint density at radius 2 is 2.14 bits per heavy atom. The molecule has 5 nitrogen and oxygen atoms in total. The van der Waals surface area contributed by atoms with Gasteiger partial charge in [-0.2, -0.15) is 0 Å². The molecule has 0 saturated carbocycles. The third-order valence-corrected chi connectivity index (χ3v) is 3.56. The highest BCUT2D eigenvalue weighted by Crippen LogP contribution is 2.22. The van der Waals surface area contributed by atoms with E-state index >= 15 is 0 Å². The van der Waals surface area contributed by atoms with Crippen molar-refractivity contribution in [1.29, 1.82) is 0 Å². The van der Waals surface area contributed by atoms with Gasteiger partial charge >= 0.3 is 0 Å². The average molecular weight is 290 g/mol. The van der Waals surface area contributed by atoms with Crippen molar-refractivity contribution in [2.24, 2.45) is 0 Å². The summed E-state index contributed by atoms with van der Waals surface area (Å²) in [6.07, 6.45) is 0.732. The molecule has 1 aromatic heterocycles. The summed E-state index contributed by atoms with van der Waals surface area (Å²) < 4.78 is 5.14. The molecule has 1 heterocycles. The predicted molar refractivity (Wildman–Crippen MR) is 82.6 cm³/mol. The summed E-state index contributed by atoms with van der Waals surface area (Å²) >= 11 is 0. The molecule has 5 heteroatoms. The Hall–Kier alpha value is -1.85. The molecule has 2 aromatic rings. The minimum absolute atomic E-state index is 0.0296. The van der Waals surface area contributed by atoms with Crippen molar-refractivity contribution >= 4 is 16.8 Å². The summed E-state index contributed by atoms with van der Waals surface area (Å²) in [5.74, 6) is -0.0719. The fourth-order valence-electron chi connectivity index (χ4n) is 2.25. The van der Waals surface area contributed by atoms with Crippen LogP contribution in [0.1, 0.15) is 28.0 Å². The molecular weight excluding hydrogens is 268 g/mol. The normalized spacial score (nSPS) is 11.0. The van der Waals surface area contributed by atoms with Gasteiger partial charge < -0.3 is 20.1 Å². The zero-order chi connectivity index (χ0) is 15.2. The van der Waals surface area contributed by atoms with E-state index in [4.69, 9.17) is 9.84 Å². The predicted octanol–water partition coefficient (Wildman–Crippen LogP) is 1.91. The van der Waals surface area contributed by atoms with Crippen molar-refractivity contribution < 1.29 is 14.6 Å². The van der Waals surface area contributed by atoms with Gasteiger partial charge in [0.15, 0.2) is 0 Å². The molecule has 1 aromatic carbocycles. The first-order valence-electron chi connectivity index (χ1n) is 7.19. The molecule has 0 saturated heterocycles. The number of hydrogen-bond acceptors (Lipinski definition) is 3. The minimum atomic E-state index is -0.0719. The van der Waals surface area contributed by atoms with Gasteiger partial charge in [-0.15, -0.1) is 0 Å². The number of H-pyrrole nitrogens is 1. The maximum atomic E-state index is 12.1. The fourth-order valence-corrected chi connectivity index (χ4v) is 2.25. The van der Waals surface area contributed by atoms with Crippen molar-refractivity contribution in [1.82, 2.24) is 10.3 Å². The summed E-state index contributed by atoms with van der Waals surface area (Å²) in [5, 5.41) is 12.5. The molecule has 0 radical (unpaired) electrons. The summed E-state index contributed by atoms with van der Waals surface area (Å²) in [7, 11) is 0. The third kappa shape index (κ3) is 3.83. The lowest BCUT2D eigenvalue weighted by Crippen LogP contribution is -2.25. The van der Waals surface area contributed by atoms with Crippen LogP contribution in [0.4, 0.5) is 0 Å². The molecule has 0 aliphatic heterocycles. The van der Waals surface area contributed by atoms with E-state index in [2.05, 4.69) is 10.3 Å². The number of aryl methyl sites for hydroxylation is 2. The lowest BCUT2D eigenvalue weighted by atomic mass is 10.1. The Labute approximate surface area is 124 Å². The van der Waals surface area contributed by atoms with Gasteiger partial charge in [0, 0.05) is 35.3 Å². The van der Waals surface area contributed by atoms with E-state index < -0.39 is 0 Å². The Balaban J connectivity index is 1.92. The number of aromatic nitrogens is 1. The van der Waals surface area contributed by atoms with Crippen molar-refractivity contribution in [2.75, 3.05) is 26.4 Å². The van der Waals surface area contributed by atoms with Crippen LogP contribution in [0.25, 0.3) is 10.9 Å². The number of amides is 1. The lowest BCUT2D eigenvalue weighted by molar-refractivity contribution is 0.0867. The number of aromatic amines is 1. The van der Waals surface area contributed by atoms with E-state index in [1.807, 2.05) is 32.0 Å². The smallest absolute Gasteiger partial charge is 0.251 e. The molecule has 114 valence electrons. The highest BCUT2D eigenvalue weighted by atomic mass is 16.5. The summed E-state index contributed by atoms with van der Waals surface area (Å²) in [5.41, 5.74) is 4.03. The van der Waals surface area contributed by atoms with Crippen LogP contribution in [0.2, 0.25) is 0 Å². The number of hydrogen-bond donors (Lipinski definition) is 3. The van der Waals surface area contributed by atoms with Crippen LogP contribution in [0, 0.1) is 13.8 Å². The topological polar surface area (TPSA) is 74.4 Å². The van der Waals surface area contributed by atoms with E-state index in [0.29, 0.717) is 25.3 Å². The van der Waals surface area contributed by atoms with E-state index in [1.165, 1.54) is 5.56 Å². The Kier molecular flexibility index (Phi) is 5.36.